The van der Waals surface area contributed by atoms with E-state index < -0.39 is 0 Å². The summed E-state index contributed by atoms with van der Waals surface area (Å²) in [5.74, 6) is 0.789. The summed E-state index contributed by atoms with van der Waals surface area (Å²) in [6.45, 7) is 6.62. The monoisotopic (exact) mass is 307 g/mol. The molecule has 3 saturated heterocycles. The van der Waals surface area contributed by atoms with Crippen LogP contribution >= 0.6 is 0 Å². The van der Waals surface area contributed by atoms with Gasteiger partial charge in [-0.2, -0.15) is 0 Å². The minimum Gasteiger partial charge on any atom is -0.390 e. The van der Waals surface area contributed by atoms with E-state index in [4.69, 9.17) is 5.11 Å². The number of aliphatic hydroxyl groups excluding tert-OH is 1. The Morgan fingerprint density at radius 1 is 1.55 bits per heavy atom. The van der Waals surface area contributed by atoms with Crippen LogP contribution in [-0.2, 0) is 17.9 Å². The first kappa shape index (κ1) is 15.4. The van der Waals surface area contributed by atoms with Crippen molar-refractivity contribution < 1.29 is 9.90 Å². The molecule has 122 valence electrons. The maximum absolute atomic E-state index is 12.3. The number of hydrogen-bond acceptors (Lipinski definition) is 5. The molecular formula is C15H25N5O2. The normalized spacial score (nSPS) is 30.7. The van der Waals surface area contributed by atoms with Gasteiger partial charge in [0.25, 0.3) is 0 Å². The number of piperidine rings is 3. The van der Waals surface area contributed by atoms with E-state index in [0.29, 0.717) is 17.7 Å². The summed E-state index contributed by atoms with van der Waals surface area (Å²) in [5, 5.41) is 20.1. The molecule has 0 radical (unpaired) electrons. The molecule has 3 fully saturated rings. The van der Waals surface area contributed by atoms with E-state index in [2.05, 4.69) is 20.5 Å². The SMILES string of the molecule is CC(C)NC(=O)[C@H]1CN2CCC1C[C@@H]2Cn1cc(CO)nn1. The van der Waals surface area contributed by atoms with Gasteiger partial charge in [-0.3, -0.25) is 14.4 Å². The highest BCUT2D eigenvalue weighted by Gasteiger charge is 2.43. The van der Waals surface area contributed by atoms with Crippen LogP contribution in [0.4, 0.5) is 0 Å². The molecule has 1 amide bonds. The van der Waals surface area contributed by atoms with Crippen molar-refractivity contribution in [1.29, 1.82) is 0 Å². The fraction of sp³-hybridized carbons (Fsp3) is 0.800. The Balaban J connectivity index is 1.61. The first-order valence-electron chi connectivity index (χ1n) is 8.11. The van der Waals surface area contributed by atoms with E-state index >= 15 is 0 Å². The molecule has 3 aliphatic rings. The van der Waals surface area contributed by atoms with E-state index in [0.717, 1.165) is 32.5 Å². The summed E-state index contributed by atoms with van der Waals surface area (Å²) in [7, 11) is 0. The molecule has 1 aromatic heterocycles. The molecule has 2 N–H and O–H groups in total. The molecule has 4 atom stereocenters. The Morgan fingerprint density at radius 2 is 2.36 bits per heavy atom. The van der Waals surface area contributed by atoms with Gasteiger partial charge in [0.1, 0.15) is 5.69 Å². The standard InChI is InChI=1S/C15H25N5O2/c1-10(2)16-15(22)14-8-19-4-3-11(14)5-13(19)7-20-6-12(9-21)17-18-20/h6,10-11,13-14,21H,3-5,7-9H2,1-2H3,(H,16,22)/t11?,13-,14+/m1/s1. The van der Waals surface area contributed by atoms with Crippen LogP contribution in [0.15, 0.2) is 6.20 Å². The lowest BCUT2D eigenvalue weighted by molar-refractivity contribution is -0.133. The van der Waals surface area contributed by atoms with Crippen molar-refractivity contribution in [2.24, 2.45) is 11.8 Å². The van der Waals surface area contributed by atoms with Crippen molar-refractivity contribution in [3.63, 3.8) is 0 Å². The van der Waals surface area contributed by atoms with Gasteiger partial charge in [0, 0.05) is 18.6 Å². The molecular weight excluding hydrogens is 282 g/mol. The zero-order chi connectivity index (χ0) is 15.7. The topological polar surface area (TPSA) is 83.3 Å². The Bertz CT molecular complexity index is 530. The largest absolute Gasteiger partial charge is 0.390 e. The number of nitrogens with zero attached hydrogens (tertiary/aromatic N) is 4. The minimum atomic E-state index is -0.0749. The van der Waals surface area contributed by atoms with E-state index in [-0.39, 0.29) is 24.5 Å². The van der Waals surface area contributed by atoms with Gasteiger partial charge in [0.05, 0.1) is 25.3 Å². The van der Waals surface area contributed by atoms with E-state index in [9.17, 15) is 4.79 Å². The third-order valence-corrected chi connectivity index (χ3v) is 4.79. The molecule has 7 nitrogen and oxygen atoms in total. The highest BCUT2D eigenvalue weighted by atomic mass is 16.3. The van der Waals surface area contributed by atoms with Gasteiger partial charge in [-0.1, -0.05) is 5.21 Å². The fourth-order valence-electron chi connectivity index (χ4n) is 3.73. The Morgan fingerprint density at radius 3 is 2.95 bits per heavy atom. The molecule has 2 unspecified atom stereocenters. The van der Waals surface area contributed by atoms with Crippen LogP contribution in [0.25, 0.3) is 0 Å². The van der Waals surface area contributed by atoms with Gasteiger partial charge < -0.3 is 10.4 Å². The fourth-order valence-corrected chi connectivity index (χ4v) is 3.73. The molecule has 4 rings (SSSR count). The lowest BCUT2D eigenvalue weighted by Crippen LogP contribution is -2.58. The number of carbonyl (C=O) groups is 1. The molecule has 0 saturated carbocycles. The second-order valence-corrected chi connectivity index (χ2v) is 6.79. The van der Waals surface area contributed by atoms with Crippen molar-refractivity contribution in [2.75, 3.05) is 13.1 Å². The van der Waals surface area contributed by atoms with E-state index in [1.807, 2.05) is 13.8 Å². The molecule has 1 aromatic rings. The van der Waals surface area contributed by atoms with Crippen molar-refractivity contribution in [3.05, 3.63) is 11.9 Å². The molecule has 0 aromatic carbocycles. The molecule has 4 heterocycles. The number of carbonyl (C=O) groups excluding carboxylic acids is 1. The summed E-state index contributed by atoms with van der Waals surface area (Å²) in [6, 6.07) is 0.612. The summed E-state index contributed by atoms with van der Waals surface area (Å²) in [4.78, 5) is 14.7. The molecule has 0 aliphatic carbocycles. The third-order valence-electron chi connectivity index (χ3n) is 4.79. The number of hydrogen-bond donors (Lipinski definition) is 2. The highest BCUT2D eigenvalue weighted by molar-refractivity contribution is 5.79. The van der Waals surface area contributed by atoms with Gasteiger partial charge >= 0.3 is 0 Å². The summed E-state index contributed by atoms with van der Waals surface area (Å²) in [5.41, 5.74) is 0.602. The van der Waals surface area contributed by atoms with Gasteiger partial charge in [-0.25, -0.2) is 0 Å². The third kappa shape index (κ3) is 3.15. The van der Waals surface area contributed by atoms with Crippen LogP contribution in [0.5, 0.6) is 0 Å². The summed E-state index contributed by atoms with van der Waals surface area (Å²) >= 11 is 0. The second kappa shape index (κ2) is 6.34. The van der Waals surface area contributed by atoms with Crippen LogP contribution in [0.3, 0.4) is 0 Å². The number of amides is 1. The molecule has 2 bridgehead atoms. The second-order valence-electron chi connectivity index (χ2n) is 6.79. The van der Waals surface area contributed by atoms with Crippen molar-refractivity contribution in [2.45, 2.75) is 51.9 Å². The van der Waals surface area contributed by atoms with Crippen LogP contribution in [0, 0.1) is 11.8 Å². The number of rotatable bonds is 5. The number of fused-ring (bicyclic) bond motifs is 3. The average molecular weight is 307 g/mol. The van der Waals surface area contributed by atoms with Crippen LogP contribution < -0.4 is 5.32 Å². The van der Waals surface area contributed by atoms with Crippen molar-refractivity contribution in [1.82, 2.24) is 25.2 Å². The number of aliphatic hydroxyl groups is 1. The smallest absolute Gasteiger partial charge is 0.224 e. The van der Waals surface area contributed by atoms with E-state index in [1.165, 1.54) is 0 Å². The molecule has 22 heavy (non-hydrogen) atoms. The predicted molar refractivity (Wildman–Crippen MR) is 80.8 cm³/mol. The quantitative estimate of drug-likeness (QED) is 0.800. The van der Waals surface area contributed by atoms with Gasteiger partial charge in [0.15, 0.2) is 0 Å². The zero-order valence-electron chi connectivity index (χ0n) is 13.3. The van der Waals surface area contributed by atoms with Gasteiger partial charge in [-0.05, 0) is 39.2 Å². The minimum absolute atomic E-state index is 0.0749. The van der Waals surface area contributed by atoms with Crippen molar-refractivity contribution in [3.8, 4) is 0 Å². The maximum Gasteiger partial charge on any atom is 0.224 e. The maximum atomic E-state index is 12.3. The molecule has 0 spiro atoms. The first-order chi connectivity index (χ1) is 10.6. The first-order valence-corrected chi connectivity index (χ1v) is 8.11. The van der Waals surface area contributed by atoms with Gasteiger partial charge in [-0.15, -0.1) is 5.10 Å². The van der Waals surface area contributed by atoms with Crippen LogP contribution in [0.1, 0.15) is 32.4 Å². The Hall–Kier alpha value is -1.47. The lowest BCUT2D eigenvalue weighted by Gasteiger charge is -2.49. The molecule has 3 aliphatic heterocycles. The van der Waals surface area contributed by atoms with E-state index in [1.54, 1.807) is 10.9 Å². The number of aromatic nitrogens is 3. The lowest BCUT2D eigenvalue weighted by atomic mass is 9.75. The molecule has 7 heteroatoms. The highest BCUT2D eigenvalue weighted by Crippen LogP contribution is 2.36. The van der Waals surface area contributed by atoms with Gasteiger partial charge in [0.2, 0.25) is 5.91 Å². The van der Waals surface area contributed by atoms with Crippen LogP contribution in [0.2, 0.25) is 0 Å². The number of nitrogens with one attached hydrogen (secondary N) is 1. The van der Waals surface area contributed by atoms with Crippen LogP contribution in [-0.4, -0.2) is 56.1 Å². The predicted octanol–water partition coefficient (Wildman–Crippen LogP) is 0.00540. The van der Waals surface area contributed by atoms with Crippen molar-refractivity contribution >= 4 is 5.91 Å². The summed E-state index contributed by atoms with van der Waals surface area (Å²) in [6.07, 6.45) is 3.93. The zero-order valence-corrected chi connectivity index (χ0v) is 13.3. The Labute approximate surface area is 130 Å². The average Bonchev–Trinajstić information content (AvgIpc) is 2.95. The summed E-state index contributed by atoms with van der Waals surface area (Å²) < 4.78 is 1.81. The Kier molecular flexibility index (Phi) is 4.44.